The summed E-state index contributed by atoms with van der Waals surface area (Å²) in [5, 5.41) is 0. The molecule has 5 nitrogen and oxygen atoms in total. The van der Waals surface area contributed by atoms with Gasteiger partial charge in [0.2, 0.25) is 5.78 Å². The SMILES string of the molecule is C=CCOC(=O)COc1ccc2c(c1)OC(=Cc1ccc(CC)cc1)C2=O. The third kappa shape index (κ3) is 4.44. The molecule has 0 atom stereocenters. The average Bonchev–Trinajstić information content (AvgIpc) is 3.00. The van der Waals surface area contributed by atoms with E-state index in [0.29, 0.717) is 17.1 Å². The third-order valence-corrected chi connectivity index (χ3v) is 4.05. The number of carbonyl (C=O) groups excluding carboxylic acids is 2. The van der Waals surface area contributed by atoms with E-state index in [2.05, 4.69) is 13.5 Å². The van der Waals surface area contributed by atoms with Crippen molar-refractivity contribution >= 4 is 17.8 Å². The molecule has 1 aliphatic heterocycles. The fraction of sp³-hybridized carbons (Fsp3) is 0.182. The van der Waals surface area contributed by atoms with Crippen molar-refractivity contribution in [1.82, 2.24) is 0 Å². The zero-order chi connectivity index (χ0) is 19.2. The van der Waals surface area contributed by atoms with Gasteiger partial charge in [-0.05, 0) is 35.8 Å². The van der Waals surface area contributed by atoms with Crippen LogP contribution in [0.15, 0.2) is 60.9 Å². The van der Waals surface area contributed by atoms with Crippen molar-refractivity contribution in [1.29, 1.82) is 0 Å². The Morgan fingerprint density at radius 2 is 1.96 bits per heavy atom. The molecule has 0 aromatic heterocycles. The Kier molecular flexibility index (Phi) is 5.71. The first-order chi connectivity index (χ1) is 13.1. The Morgan fingerprint density at radius 1 is 1.19 bits per heavy atom. The summed E-state index contributed by atoms with van der Waals surface area (Å²) in [5.74, 6) is 0.417. The van der Waals surface area contributed by atoms with Crippen LogP contribution in [0.4, 0.5) is 0 Å². The Morgan fingerprint density at radius 3 is 2.67 bits per heavy atom. The van der Waals surface area contributed by atoms with E-state index in [1.807, 2.05) is 24.3 Å². The summed E-state index contributed by atoms with van der Waals surface area (Å²) in [5.41, 5.74) is 2.59. The Bertz CT molecular complexity index is 893. The van der Waals surface area contributed by atoms with Gasteiger partial charge in [-0.2, -0.15) is 0 Å². The van der Waals surface area contributed by atoms with Crippen molar-refractivity contribution < 1.29 is 23.8 Å². The molecule has 1 aliphatic rings. The maximum absolute atomic E-state index is 12.5. The third-order valence-electron chi connectivity index (χ3n) is 4.05. The first kappa shape index (κ1) is 18.5. The number of carbonyl (C=O) groups is 2. The zero-order valence-corrected chi connectivity index (χ0v) is 15.1. The van der Waals surface area contributed by atoms with Crippen molar-refractivity contribution in [2.45, 2.75) is 13.3 Å². The standard InChI is InChI=1S/C22H20O5/c1-3-11-25-21(23)14-26-17-9-10-18-19(13-17)27-20(22(18)24)12-16-7-5-15(4-2)6-8-16/h3,5-10,12-13H,1,4,11,14H2,2H3. The van der Waals surface area contributed by atoms with Gasteiger partial charge in [0.1, 0.15) is 18.1 Å². The topological polar surface area (TPSA) is 61.8 Å². The molecular weight excluding hydrogens is 344 g/mol. The molecule has 0 amide bonds. The lowest BCUT2D eigenvalue weighted by atomic mass is 10.1. The molecule has 0 bridgehead atoms. The van der Waals surface area contributed by atoms with Crippen molar-refractivity contribution in [2.75, 3.05) is 13.2 Å². The molecule has 0 fully saturated rings. The molecule has 2 aromatic carbocycles. The largest absolute Gasteiger partial charge is 0.482 e. The van der Waals surface area contributed by atoms with Crippen LogP contribution in [0.5, 0.6) is 11.5 Å². The van der Waals surface area contributed by atoms with Crippen LogP contribution in [-0.4, -0.2) is 25.0 Å². The number of ketones is 1. The van der Waals surface area contributed by atoms with Crippen LogP contribution in [0.3, 0.4) is 0 Å². The molecule has 1 heterocycles. The molecule has 0 saturated heterocycles. The van der Waals surface area contributed by atoms with E-state index in [-0.39, 0.29) is 24.8 Å². The van der Waals surface area contributed by atoms with E-state index in [0.717, 1.165) is 12.0 Å². The predicted molar refractivity (Wildman–Crippen MR) is 102 cm³/mol. The molecule has 0 saturated carbocycles. The van der Waals surface area contributed by atoms with Crippen molar-refractivity contribution in [3.8, 4) is 11.5 Å². The number of allylic oxidation sites excluding steroid dienone is 1. The molecule has 0 aliphatic carbocycles. The highest BCUT2D eigenvalue weighted by molar-refractivity contribution is 6.14. The van der Waals surface area contributed by atoms with Gasteiger partial charge >= 0.3 is 5.97 Å². The molecule has 5 heteroatoms. The number of fused-ring (bicyclic) bond motifs is 1. The van der Waals surface area contributed by atoms with Crippen molar-refractivity contribution in [2.24, 2.45) is 0 Å². The molecule has 3 rings (SSSR count). The van der Waals surface area contributed by atoms with Crippen LogP contribution in [0.25, 0.3) is 6.08 Å². The smallest absolute Gasteiger partial charge is 0.344 e. The number of hydrogen-bond donors (Lipinski definition) is 0. The van der Waals surface area contributed by atoms with Gasteiger partial charge < -0.3 is 14.2 Å². The Balaban J connectivity index is 1.70. The monoisotopic (exact) mass is 364 g/mol. The number of ether oxygens (including phenoxy) is 3. The van der Waals surface area contributed by atoms with E-state index in [1.165, 1.54) is 11.6 Å². The lowest BCUT2D eigenvalue weighted by molar-refractivity contribution is -0.144. The molecule has 0 radical (unpaired) electrons. The van der Waals surface area contributed by atoms with Gasteiger partial charge in [0.15, 0.2) is 12.4 Å². The Hall–Kier alpha value is -3.34. The molecule has 27 heavy (non-hydrogen) atoms. The van der Waals surface area contributed by atoms with Crippen LogP contribution in [0, 0.1) is 0 Å². The lowest BCUT2D eigenvalue weighted by Gasteiger charge is -2.06. The van der Waals surface area contributed by atoms with Gasteiger partial charge in [0.05, 0.1) is 5.56 Å². The molecule has 0 unspecified atom stereocenters. The second-order valence-corrected chi connectivity index (χ2v) is 5.95. The van der Waals surface area contributed by atoms with Crippen LogP contribution >= 0.6 is 0 Å². The number of benzene rings is 2. The first-order valence-corrected chi connectivity index (χ1v) is 8.67. The van der Waals surface area contributed by atoms with E-state index in [4.69, 9.17) is 14.2 Å². The minimum absolute atomic E-state index is 0.136. The van der Waals surface area contributed by atoms with Crippen molar-refractivity contribution in [3.63, 3.8) is 0 Å². The normalized spacial score (nSPS) is 13.8. The number of Topliss-reactive ketones (excluding diaryl/α,β-unsaturated/α-hetero) is 1. The number of hydrogen-bond acceptors (Lipinski definition) is 5. The quantitative estimate of drug-likeness (QED) is 0.423. The van der Waals surface area contributed by atoms with Gasteiger partial charge in [-0.25, -0.2) is 4.79 Å². The number of esters is 1. The minimum atomic E-state index is -0.497. The molecular formula is C22H20O5. The lowest BCUT2D eigenvalue weighted by Crippen LogP contribution is -2.14. The molecule has 0 spiro atoms. The summed E-state index contributed by atoms with van der Waals surface area (Å²) in [6, 6.07) is 12.8. The summed E-state index contributed by atoms with van der Waals surface area (Å²) in [6.45, 7) is 5.47. The van der Waals surface area contributed by atoms with E-state index in [9.17, 15) is 9.59 Å². The Labute approximate surface area is 157 Å². The van der Waals surface area contributed by atoms with Gasteiger partial charge in [-0.3, -0.25) is 4.79 Å². The molecule has 2 aromatic rings. The fourth-order valence-electron chi connectivity index (χ4n) is 2.59. The second kappa shape index (κ2) is 8.36. The van der Waals surface area contributed by atoms with Crippen molar-refractivity contribution in [3.05, 3.63) is 77.6 Å². The van der Waals surface area contributed by atoms with Gasteiger partial charge in [-0.1, -0.05) is 43.8 Å². The van der Waals surface area contributed by atoms with Crippen LogP contribution in [0.2, 0.25) is 0 Å². The summed E-state index contributed by atoms with van der Waals surface area (Å²) < 4.78 is 15.9. The highest BCUT2D eigenvalue weighted by Crippen LogP contribution is 2.34. The summed E-state index contributed by atoms with van der Waals surface area (Å²) >= 11 is 0. The highest BCUT2D eigenvalue weighted by Gasteiger charge is 2.27. The number of rotatable bonds is 7. The van der Waals surface area contributed by atoms with E-state index >= 15 is 0 Å². The zero-order valence-electron chi connectivity index (χ0n) is 15.1. The highest BCUT2D eigenvalue weighted by atomic mass is 16.6. The summed E-state index contributed by atoms with van der Waals surface area (Å²) in [7, 11) is 0. The average molecular weight is 364 g/mol. The molecule has 0 N–H and O–H groups in total. The maximum Gasteiger partial charge on any atom is 0.344 e. The minimum Gasteiger partial charge on any atom is -0.482 e. The summed E-state index contributed by atoms with van der Waals surface area (Å²) in [6.07, 6.45) is 4.16. The van der Waals surface area contributed by atoms with Crippen LogP contribution in [-0.2, 0) is 16.0 Å². The predicted octanol–water partition coefficient (Wildman–Crippen LogP) is 3.97. The first-order valence-electron chi connectivity index (χ1n) is 8.67. The number of aryl methyl sites for hydroxylation is 1. The van der Waals surface area contributed by atoms with E-state index < -0.39 is 5.97 Å². The summed E-state index contributed by atoms with van der Waals surface area (Å²) in [4.78, 5) is 24.0. The molecule has 138 valence electrons. The van der Waals surface area contributed by atoms with Crippen LogP contribution in [0.1, 0.15) is 28.4 Å². The second-order valence-electron chi connectivity index (χ2n) is 5.95. The fourth-order valence-corrected chi connectivity index (χ4v) is 2.59. The van der Waals surface area contributed by atoms with Gasteiger partial charge in [0.25, 0.3) is 0 Å². The van der Waals surface area contributed by atoms with Gasteiger partial charge in [0, 0.05) is 6.07 Å². The van der Waals surface area contributed by atoms with Gasteiger partial charge in [-0.15, -0.1) is 0 Å². The van der Waals surface area contributed by atoms with E-state index in [1.54, 1.807) is 24.3 Å². The maximum atomic E-state index is 12.5. The van der Waals surface area contributed by atoms with Crippen LogP contribution < -0.4 is 9.47 Å².